The van der Waals surface area contributed by atoms with Gasteiger partial charge in [0.05, 0.1) is 0 Å². The predicted octanol–water partition coefficient (Wildman–Crippen LogP) is 10.8. The summed E-state index contributed by atoms with van der Waals surface area (Å²) in [5.41, 5.74) is 2.83. The van der Waals surface area contributed by atoms with Crippen molar-refractivity contribution in [2.45, 2.75) is 121 Å². The van der Waals surface area contributed by atoms with Crippen molar-refractivity contribution in [3.05, 3.63) is 71.8 Å². The Morgan fingerprint density at radius 2 is 0.765 bits per heavy atom. The van der Waals surface area contributed by atoms with E-state index in [1.807, 2.05) is 53.7 Å². The second kappa shape index (κ2) is 31.6. The summed E-state index contributed by atoms with van der Waals surface area (Å²) in [6.45, 7) is 25.5. The summed E-state index contributed by atoms with van der Waals surface area (Å²) in [5, 5.41) is 0. The van der Waals surface area contributed by atoms with Crippen LogP contribution >= 0.6 is 0 Å². The zero-order valence-corrected chi connectivity index (χ0v) is 25.1. The molecule has 0 aliphatic heterocycles. The highest BCUT2D eigenvalue weighted by Gasteiger charge is 2.17. The molecule has 1 saturated carbocycles. The standard InChI is InChI=1S/2C9H12.C8H16.3C2H6.2B/c2*1-8(2)9-6-4-3-5-7-9;1-7(2)8-5-3-4-6-8;3*1-2;;/h2*3-8H,1-2H3;7-8H,3-6H2,1-2H3;3*1-2H3;;. The molecule has 0 atom stereocenters. The van der Waals surface area contributed by atoms with Crippen LogP contribution in [0.1, 0.15) is 132 Å². The van der Waals surface area contributed by atoms with Crippen LogP contribution in [0.5, 0.6) is 0 Å². The Morgan fingerprint density at radius 1 is 0.500 bits per heavy atom. The van der Waals surface area contributed by atoms with E-state index in [0.29, 0.717) is 11.8 Å². The molecule has 0 aromatic heterocycles. The second-order valence-electron chi connectivity index (χ2n) is 8.42. The third-order valence-electron chi connectivity index (χ3n) is 5.28. The largest absolute Gasteiger partial charge is 0.0683 e. The average Bonchev–Trinajstić information content (AvgIpc) is 3.41. The van der Waals surface area contributed by atoms with Crippen LogP contribution in [0.25, 0.3) is 0 Å². The summed E-state index contributed by atoms with van der Waals surface area (Å²) in [7, 11) is 0. The molecule has 2 aromatic carbocycles. The van der Waals surface area contributed by atoms with Crippen LogP contribution in [-0.4, -0.2) is 16.8 Å². The zero-order chi connectivity index (χ0) is 25.4. The van der Waals surface area contributed by atoms with E-state index < -0.39 is 0 Å². The molecule has 34 heavy (non-hydrogen) atoms. The minimum Gasteiger partial charge on any atom is -0.0683 e. The highest BCUT2D eigenvalue weighted by Crippen LogP contribution is 2.30. The number of rotatable bonds is 3. The lowest BCUT2D eigenvalue weighted by molar-refractivity contribution is 0.396. The average molecular weight is 464 g/mol. The molecular weight excluding hydrogens is 406 g/mol. The molecule has 0 bridgehead atoms. The van der Waals surface area contributed by atoms with E-state index in [9.17, 15) is 0 Å². The van der Waals surface area contributed by atoms with Gasteiger partial charge in [0.2, 0.25) is 0 Å². The van der Waals surface area contributed by atoms with Crippen LogP contribution in [0, 0.1) is 11.8 Å². The van der Waals surface area contributed by atoms with Gasteiger partial charge in [0.1, 0.15) is 0 Å². The van der Waals surface area contributed by atoms with Gasteiger partial charge >= 0.3 is 0 Å². The Hall–Kier alpha value is -1.43. The molecule has 1 fully saturated rings. The molecule has 0 saturated heterocycles. The molecule has 2 heteroatoms. The topological polar surface area (TPSA) is 0 Å². The first-order valence-corrected chi connectivity index (χ1v) is 13.5. The number of hydrogen-bond donors (Lipinski definition) is 0. The fourth-order valence-corrected chi connectivity index (χ4v) is 3.30. The number of hydrogen-bond acceptors (Lipinski definition) is 0. The molecule has 1 aliphatic rings. The van der Waals surface area contributed by atoms with Gasteiger partial charge in [-0.05, 0) is 34.8 Å². The Morgan fingerprint density at radius 3 is 0.912 bits per heavy atom. The van der Waals surface area contributed by atoms with Crippen molar-refractivity contribution in [3.8, 4) is 0 Å². The van der Waals surface area contributed by atoms with E-state index in [2.05, 4.69) is 90.1 Å². The van der Waals surface area contributed by atoms with Gasteiger partial charge in [-0.2, -0.15) is 0 Å². The van der Waals surface area contributed by atoms with E-state index in [-0.39, 0.29) is 16.8 Å². The van der Waals surface area contributed by atoms with Crippen LogP contribution in [0.4, 0.5) is 0 Å². The van der Waals surface area contributed by atoms with Crippen LogP contribution in [0.15, 0.2) is 60.7 Å². The van der Waals surface area contributed by atoms with Crippen LogP contribution < -0.4 is 0 Å². The first kappa shape index (κ1) is 42.7. The molecule has 3 rings (SSSR count). The summed E-state index contributed by atoms with van der Waals surface area (Å²) in [4.78, 5) is 0. The summed E-state index contributed by atoms with van der Waals surface area (Å²) in [6, 6.07) is 21.0. The van der Waals surface area contributed by atoms with Gasteiger partial charge in [-0.1, -0.05) is 169 Å². The molecule has 6 radical (unpaired) electrons. The summed E-state index contributed by atoms with van der Waals surface area (Å²) < 4.78 is 0. The van der Waals surface area contributed by atoms with Crippen molar-refractivity contribution in [1.82, 2.24) is 0 Å². The minimum atomic E-state index is 0. The molecule has 0 N–H and O–H groups in total. The molecule has 0 amide bonds. The fraction of sp³-hybridized carbons (Fsp3) is 0.625. The van der Waals surface area contributed by atoms with Crippen molar-refractivity contribution in [2.24, 2.45) is 11.8 Å². The normalized spacial score (nSPS) is 11.3. The quantitative estimate of drug-likeness (QED) is 0.396. The monoisotopic (exact) mass is 464 g/mol. The van der Waals surface area contributed by atoms with Crippen molar-refractivity contribution in [3.63, 3.8) is 0 Å². The maximum absolute atomic E-state index is 2.34. The van der Waals surface area contributed by atoms with E-state index in [1.54, 1.807) is 0 Å². The molecule has 0 spiro atoms. The van der Waals surface area contributed by atoms with Gasteiger partial charge in [-0.15, -0.1) is 0 Å². The lowest BCUT2D eigenvalue weighted by Gasteiger charge is -2.11. The maximum Gasteiger partial charge on any atom is 0 e. The zero-order valence-electron chi connectivity index (χ0n) is 25.1. The van der Waals surface area contributed by atoms with E-state index in [1.165, 1.54) is 36.8 Å². The van der Waals surface area contributed by atoms with Gasteiger partial charge < -0.3 is 0 Å². The van der Waals surface area contributed by atoms with Crippen molar-refractivity contribution < 1.29 is 0 Å². The van der Waals surface area contributed by atoms with Gasteiger partial charge in [0.15, 0.2) is 0 Å². The Balaban J connectivity index is -0.000000108. The van der Waals surface area contributed by atoms with E-state index in [4.69, 9.17) is 0 Å². The highest BCUT2D eigenvalue weighted by atomic mass is 14.2. The third-order valence-corrected chi connectivity index (χ3v) is 5.28. The van der Waals surface area contributed by atoms with Crippen LogP contribution in [0.3, 0.4) is 0 Å². The van der Waals surface area contributed by atoms with Crippen molar-refractivity contribution in [2.75, 3.05) is 0 Å². The Bertz CT molecular complexity index is 513. The lowest BCUT2D eigenvalue weighted by Crippen LogP contribution is -2.01. The van der Waals surface area contributed by atoms with E-state index in [0.717, 1.165) is 11.8 Å². The smallest absolute Gasteiger partial charge is 0 e. The molecular formula is C32H58B2. The highest BCUT2D eigenvalue weighted by molar-refractivity contribution is 5.76. The van der Waals surface area contributed by atoms with Crippen molar-refractivity contribution >= 4 is 16.8 Å². The first-order valence-electron chi connectivity index (χ1n) is 13.5. The molecule has 1 aliphatic carbocycles. The molecule has 0 nitrogen and oxygen atoms in total. The SMILES string of the molecule is CC.CC.CC.CC(C)C1CCCC1.CC(C)c1ccccc1.CC(C)c1ccccc1.[B].[B]. The summed E-state index contributed by atoms with van der Waals surface area (Å²) in [6.07, 6.45) is 5.97. The predicted molar refractivity (Wildman–Crippen MR) is 163 cm³/mol. The third kappa shape index (κ3) is 23.7. The lowest BCUT2D eigenvalue weighted by atomic mass is 9.95. The second-order valence-corrected chi connectivity index (χ2v) is 8.42. The minimum absolute atomic E-state index is 0. The van der Waals surface area contributed by atoms with Gasteiger partial charge in [-0.25, -0.2) is 0 Å². The molecule has 2 aromatic rings. The van der Waals surface area contributed by atoms with Crippen LogP contribution in [-0.2, 0) is 0 Å². The van der Waals surface area contributed by atoms with E-state index >= 15 is 0 Å². The molecule has 0 unspecified atom stereocenters. The van der Waals surface area contributed by atoms with Crippen LogP contribution in [0.2, 0.25) is 0 Å². The van der Waals surface area contributed by atoms with Gasteiger partial charge in [-0.3, -0.25) is 0 Å². The van der Waals surface area contributed by atoms with Gasteiger partial charge in [0.25, 0.3) is 0 Å². The summed E-state index contributed by atoms with van der Waals surface area (Å²) in [5.74, 6) is 3.32. The number of benzene rings is 2. The van der Waals surface area contributed by atoms with Gasteiger partial charge in [0, 0.05) is 16.8 Å². The summed E-state index contributed by atoms with van der Waals surface area (Å²) >= 11 is 0. The maximum atomic E-state index is 2.34. The molecule has 0 heterocycles. The fourth-order valence-electron chi connectivity index (χ4n) is 3.30. The molecule has 192 valence electrons. The Kier molecular flexibility index (Phi) is 39.7. The first-order chi connectivity index (χ1) is 15.4. The van der Waals surface area contributed by atoms with Crippen molar-refractivity contribution in [1.29, 1.82) is 0 Å². The Labute approximate surface area is 220 Å².